The summed E-state index contributed by atoms with van der Waals surface area (Å²) in [5, 5.41) is 33.5. The van der Waals surface area contributed by atoms with Crippen LogP contribution in [0.5, 0.6) is 0 Å². The Morgan fingerprint density at radius 3 is 2.57 bits per heavy atom. The minimum Gasteiger partial charge on any atom is -0.464 e. The SMILES string of the molecule is COCC(C)Nc1nc(Nc2c(C)cc(C)cc2C)nc(NCCCOC(=O)COCC=O)c1N=Nc1nn(-c2nc(C)ns2)cc1C#N. The molecule has 0 saturated carbocycles. The molecular formula is C31H38N12O5S. The summed E-state index contributed by atoms with van der Waals surface area (Å²) in [6.45, 7) is 10.0. The molecule has 3 heterocycles. The van der Waals surface area contributed by atoms with Gasteiger partial charge in [0, 0.05) is 36.9 Å². The summed E-state index contributed by atoms with van der Waals surface area (Å²) in [7, 11) is 1.60. The van der Waals surface area contributed by atoms with Crippen molar-refractivity contribution in [1.82, 2.24) is 29.1 Å². The van der Waals surface area contributed by atoms with Crippen LogP contribution in [0.25, 0.3) is 5.13 Å². The average molecular weight is 691 g/mol. The van der Waals surface area contributed by atoms with E-state index in [9.17, 15) is 14.9 Å². The minimum absolute atomic E-state index is 0.0639. The van der Waals surface area contributed by atoms with E-state index in [0.717, 1.165) is 33.9 Å². The van der Waals surface area contributed by atoms with E-state index in [0.29, 0.717) is 48.5 Å². The highest BCUT2D eigenvalue weighted by Crippen LogP contribution is 2.36. The number of anilines is 4. The maximum absolute atomic E-state index is 11.9. The second-order valence-electron chi connectivity index (χ2n) is 10.9. The zero-order valence-corrected chi connectivity index (χ0v) is 28.9. The van der Waals surface area contributed by atoms with Crippen molar-refractivity contribution < 1.29 is 23.8 Å². The third kappa shape index (κ3) is 10.3. The van der Waals surface area contributed by atoms with Crippen LogP contribution in [-0.2, 0) is 23.8 Å². The van der Waals surface area contributed by atoms with Gasteiger partial charge in [0.1, 0.15) is 37.0 Å². The summed E-state index contributed by atoms with van der Waals surface area (Å²) >= 11 is 1.14. The maximum Gasteiger partial charge on any atom is 0.332 e. The Kier molecular flexibility index (Phi) is 13.2. The van der Waals surface area contributed by atoms with Crippen molar-refractivity contribution >= 4 is 58.6 Å². The third-order valence-corrected chi connectivity index (χ3v) is 7.45. The molecule has 3 N–H and O–H groups in total. The maximum atomic E-state index is 11.9. The van der Waals surface area contributed by atoms with E-state index >= 15 is 0 Å². The molecule has 0 amide bonds. The van der Waals surface area contributed by atoms with Crippen LogP contribution in [-0.4, -0.2) is 87.5 Å². The highest BCUT2D eigenvalue weighted by Gasteiger charge is 2.19. The second kappa shape index (κ2) is 17.7. The van der Waals surface area contributed by atoms with Crippen LogP contribution in [0.4, 0.5) is 34.8 Å². The summed E-state index contributed by atoms with van der Waals surface area (Å²) in [5.41, 5.74) is 4.46. The van der Waals surface area contributed by atoms with Gasteiger partial charge in [-0.3, -0.25) is 0 Å². The summed E-state index contributed by atoms with van der Waals surface area (Å²) in [6, 6.07) is 6.04. The fraction of sp³-hybridized carbons (Fsp3) is 0.419. The Bertz CT molecular complexity index is 1810. The molecule has 0 aliphatic heterocycles. The molecule has 4 rings (SSSR count). The van der Waals surface area contributed by atoms with E-state index < -0.39 is 5.97 Å². The van der Waals surface area contributed by atoms with Gasteiger partial charge in [0.05, 0.1) is 19.4 Å². The Morgan fingerprint density at radius 1 is 1.14 bits per heavy atom. The van der Waals surface area contributed by atoms with E-state index in [4.69, 9.17) is 24.2 Å². The van der Waals surface area contributed by atoms with E-state index in [1.165, 1.54) is 10.9 Å². The standard InChI is InChI=1S/C31H38N12O5S/c1-18-12-19(2)25(20(3)13-18)36-30-37-28(33-8-7-10-48-24(45)17-47-11-9-44)26(29(38-30)34-21(4)16-46-6)39-40-27-23(14-32)15-43(41-27)31-35-22(5)42-49-31/h9,12-13,15,21H,7-8,10-11,16-17H2,1-6H3,(H3,33,34,36,37,38). The van der Waals surface area contributed by atoms with Crippen LogP contribution in [0.2, 0.25) is 0 Å². The molecule has 1 aromatic carbocycles. The minimum atomic E-state index is -0.580. The van der Waals surface area contributed by atoms with Crippen molar-refractivity contribution in [2.75, 3.05) is 56.0 Å². The largest absolute Gasteiger partial charge is 0.464 e. The first-order valence-corrected chi connectivity index (χ1v) is 16.0. The first-order chi connectivity index (χ1) is 23.6. The number of rotatable bonds is 18. The molecule has 0 aliphatic carbocycles. The van der Waals surface area contributed by atoms with E-state index in [1.54, 1.807) is 14.0 Å². The summed E-state index contributed by atoms with van der Waals surface area (Å²) in [6.07, 6.45) is 2.48. The van der Waals surface area contributed by atoms with Gasteiger partial charge in [0.25, 0.3) is 0 Å². The molecule has 0 spiro atoms. The molecule has 49 heavy (non-hydrogen) atoms. The summed E-state index contributed by atoms with van der Waals surface area (Å²) in [4.78, 5) is 36.1. The van der Waals surface area contributed by atoms with Crippen LogP contribution in [0.1, 0.15) is 41.4 Å². The summed E-state index contributed by atoms with van der Waals surface area (Å²) in [5.74, 6) is 1.01. The van der Waals surface area contributed by atoms with Gasteiger partial charge in [-0.2, -0.15) is 19.6 Å². The van der Waals surface area contributed by atoms with Crippen molar-refractivity contribution in [3.8, 4) is 11.2 Å². The van der Waals surface area contributed by atoms with Crippen LogP contribution < -0.4 is 16.0 Å². The lowest BCUT2D eigenvalue weighted by atomic mass is 10.1. The number of aryl methyl sites for hydroxylation is 4. The Hall–Kier alpha value is -5.38. The van der Waals surface area contributed by atoms with Gasteiger partial charge in [-0.05, 0) is 52.2 Å². The van der Waals surface area contributed by atoms with Gasteiger partial charge in [-0.25, -0.2) is 14.5 Å². The van der Waals surface area contributed by atoms with Gasteiger partial charge in [0.15, 0.2) is 17.3 Å². The molecule has 18 heteroatoms. The molecule has 258 valence electrons. The number of nitrogens with zero attached hydrogens (tertiary/aromatic N) is 9. The number of hydrogen-bond acceptors (Lipinski definition) is 17. The molecule has 0 fully saturated rings. The monoisotopic (exact) mass is 690 g/mol. The molecule has 3 aromatic heterocycles. The fourth-order valence-corrected chi connectivity index (χ4v) is 5.24. The zero-order valence-electron chi connectivity index (χ0n) is 28.1. The van der Waals surface area contributed by atoms with E-state index in [1.807, 2.05) is 27.7 Å². The smallest absolute Gasteiger partial charge is 0.332 e. The predicted octanol–water partition coefficient (Wildman–Crippen LogP) is 4.79. The lowest BCUT2D eigenvalue weighted by molar-refractivity contribution is -0.149. The number of methoxy groups -OCH3 is 1. The lowest BCUT2D eigenvalue weighted by Gasteiger charge is -2.19. The number of carbonyl (C=O) groups is 2. The zero-order chi connectivity index (χ0) is 35.3. The van der Waals surface area contributed by atoms with Crippen molar-refractivity contribution in [2.24, 2.45) is 10.2 Å². The van der Waals surface area contributed by atoms with Crippen LogP contribution in [0.3, 0.4) is 0 Å². The number of hydrogen-bond donors (Lipinski definition) is 3. The van der Waals surface area contributed by atoms with Gasteiger partial charge in [-0.15, -0.1) is 15.3 Å². The Labute approximate surface area is 287 Å². The van der Waals surface area contributed by atoms with Gasteiger partial charge in [0.2, 0.25) is 16.9 Å². The highest BCUT2D eigenvalue weighted by atomic mass is 32.1. The third-order valence-electron chi connectivity index (χ3n) is 6.65. The molecule has 4 aromatic rings. The van der Waals surface area contributed by atoms with Crippen molar-refractivity contribution in [1.29, 1.82) is 5.26 Å². The van der Waals surface area contributed by atoms with Crippen molar-refractivity contribution in [3.05, 3.63) is 46.4 Å². The van der Waals surface area contributed by atoms with Gasteiger partial charge in [-0.1, -0.05) is 17.7 Å². The molecule has 1 atom stereocenters. The number of carbonyl (C=O) groups excluding carboxylic acids is 2. The lowest BCUT2D eigenvalue weighted by Crippen LogP contribution is -2.22. The number of aromatic nitrogens is 6. The van der Waals surface area contributed by atoms with Crippen LogP contribution in [0.15, 0.2) is 28.6 Å². The van der Waals surface area contributed by atoms with Crippen molar-refractivity contribution in [2.45, 2.75) is 47.1 Å². The molecular weight excluding hydrogens is 652 g/mol. The Morgan fingerprint density at radius 2 is 1.90 bits per heavy atom. The van der Waals surface area contributed by atoms with Gasteiger partial charge >= 0.3 is 5.97 Å². The average Bonchev–Trinajstić information content (AvgIpc) is 3.68. The van der Waals surface area contributed by atoms with Crippen LogP contribution in [0, 0.1) is 39.0 Å². The number of benzene rings is 1. The topological polar surface area (TPSA) is 216 Å². The first kappa shape index (κ1) is 36.5. The quantitative estimate of drug-likeness (QED) is 0.0554. The highest BCUT2D eigenvalue weighted by molar-refractivity contribution is 7.08. The van der Waals surface area contributed by atoms with Crippen molar-refractivity contribution in [3.63, 3.8) is 0 Å². The molecule has 0 aliphatic rings. The number of esters is 1. The number of azo groups is 1. The molecule has 0 bridgehead atoms. The first-order valence-electron chi connectivity index (χ1n) is 15.3. The second-order valence-corrected chi connectivity index (χ2v) is 11.7. The van der Waals surface area contributed by atoms with Crippen LogP contribution >= 0.6 is 11.5 Å². The van der Waals surface area contributed by atoms with E-state index in [2.05, 4.69) is 58.8 Å². The Balaban J connectivity index is 1.70. The molecule has 0 radical (unpaired) electrons. The number of aldehydes is 1. The summed E-state index contributed by atoms with van der Waals surface area (Å²) < 4.78 is 21.0. The molecule has 17 nitrogen and oxygen atoms in total. The van der Waals surface area contributed by atoms with E-state index in [-0.39, 0.29) is 48.9 Å². The normalized spacial score (nSPS) is 11.7. The fourth-order valence-electron chi connectivity index (χ4n) is 4.63. The molecule has 0 saturated heterocycles. The number of nitrogens with one attached hydrogen (secondary N) is 3. The molecule has 1 unspecified atom stereocenters. The number of ether oxygens (including phenoxy) is 3. The number of nitriles is 1. The predicted molar refractivity (Wildman–Crippen MR) is 183 cm³/mol. The van der Waals surface area contributed by atoms with Gasteiger partial charge < -0.3 is 35.0 Å².